The first-order valence-electron chi connectivity index (χ1n) is 9.10. The lowest BCUT2D eigenvalue weighted by Crippen LogP contribution is -2.38. The van der Waals surface area contributed by atoms with Gasteiger partial charge in [0.25, 0.3) is 0 Å². The maximum absolute atomic E-state index is 13.8. The van der Waals surface area contributed by atoms with E-state index < -0.39 is 0 Å². The minimum atomic E-state index is -0.364. The van der Waals surface area contributed by atoms with Crippen molar-refractivity contribution >= 4 is 28.2 Å². The number of nitriles is 1. The molecule has 0 atom stereocenters. The minimum absolute atomic E-state index is 0.0167. The first kappa shape index (κ1) is 17.9. The third-order valence-electron chi connectivity index (χ3n) is 5.05. The maximum atomic E-state index is 13.8. The second-order valence-corrected chi connectivity index (χ2v) is 6.78. The van der Waals surface area contributed by atoms with Crippen LogP contribution in [0.1, 0.15) is 18.4 Å². The molecule has 0 aliphatic carbocycles. The smallest absolute Gasteiger partial charge is 0.227 e. The van der Waals surface area contributed by atoms with E-state index in [1.54, 1.807) is 30.6 Å². The van der Waals surface area contributed by atoms with Crippen LogP contribution in [0.2, 0.25) is 0 Å². The Kier molecular flexibility index (Phi) is 4.85. The Balaban J connectivity index is 1.53. The topological polar surface area (TPSA) is 81.9 Å². The van der Waals surface area contributed by atoms with Gasteiger partial charge in [-0.25, -0.2) is 4.39 Å². The molecule has 7 heteroatoms. The molecule has 1 saturated heterocycles. The normalized spacial score (nSPS) is 14.6. The molecule has 0 spiro atoms. The number of aromatic nitrogens is 2. The Morgan fingerprint density at radius 1 is 1.21 bits per heavy atom. The Bertz CT molecular complexity index is 1060. The van der Waals surface area contributed by atoms with E-state index in [0.717, 1.165) is 5.69 Å². The van der Waals surface area contributed by atoms with Crippen LogP contribution in [0.3, 0.4) is 0 Å². The molecule has 0 unspecified atom stereocenters. The van der Waals surface area contributed by atoms with Gasteiger partial charge in [-0.15, -0.1) is 0 Å². The number of carbonyl (C=O) groups is 1. The van der Waals surface area contributed by atoms with Gasteiger partial charge in [0.05, 0.1) is 16.8 Å². The number of piperidine rings is 1. The second kappa shape index (κ2) is 7.61. The summed E-state index contributed by atoms with van der Waals surface area (Å²) in [5.74, 6) is -0.492. The summed E-state index contributed by atoms with van der Waals surface area (Å²) in [6, 6.07) is 10.1. The number of hydrogen-bond acceptors (Lipinski definition) is 5. The Labute approximate surface area is 161 Å². The summed E-state index contributed by atoms with van der Waals surface area (Å²) in [7, 11) is 0. The number of hydrogen-bond donors (Lipinski definition) is 1. The highest BCUT2D eigenvalue weighted by Crippen LogP contribution is 2.33. The summed E-state index contributed by atoms with van der Waals surface area (Å²) >= 11 is 0. The molecule has 0 bridgehead atoms. The van der Waals surface area contributed by atoms with E-state index in [9.17, 15) is 14.4 Å². The fraction of sp³-hybridized carbons (Fsp3) is 0.238. The first-order valence-corrected chi connectivity index (χ1v) is 9.10. The van der Waals surface area contributed by atoms with Crippen molar-refractivity contribution in [2.24, 2.45) is 5.92 Å². The molecule has 3 aromatic rings. The highest BCUT2D eigenvalue weighted by atomic mass is 19.1. The molecule has 140 valence electrons. The van der Waals surface area contributed by atoms with Crippen molar-refractivity contribution in [3.8, 4) is 6.07 Å². The van der Waals surface area contributed by atoms with Crippen molar-refractivity contribution in [2.75, 3.05) is 23.3 Å². The van der Waals surface area contributed by atoms with Crippen LogP contribution in [0.25, 0.3) is 10.9 Å². The van der Waals surface area contributed by atoms with Crippen LogP contribution < -0.4 is 10.2 Å². The van der Waals surface area contributed by atoms with E-state index in [1.165, 1.54) is 18.3 Å². The number of fused-ring (bicyclic) bond motifs is 1. The predicted molar refractivity (Wildman–Crippen MR) is 104 cm³/mol. The van der Waals surface area contributed by atoms with Crippen LogP contribution in [0.15, 0.2) is 48.9 Å². The van der Waals surface area contributed by atoms with Gasteiger partial charge in [0, 0.05) is 48.7 Å². The van der Waals surface area contributed by atoms with E-state index in [1.807, 2.05) is 0 Å². The second-order valence-electron chi connectivity index (χ2n) is 6.78. The molecule has 3 heterocycles. The van der Waals surface area contributed by atoms with Crippen molar-refractivity contribution < 1.29 is 9.18 Å². The first-order chi connectivity index (χ1) is 13.7. The molecule has 2 aromatic heterocycles. The molecule has 4 rings (SSSR count). The van der Waals surface area contributed by atoms with Gasteiger partial charge >= 0.3 is 0 Å². The Hall–Kier alpha value is -3.53. The highest BCUT2D eigenvalue weighted by Gasteiger charge is 2.27. The van der Waals surface area contributed by atoms with Crippen molar-refractivity contribution in [2.45, 2.75) is 12.8 Å². The van der Waals surface area contributed by atoms with Crippen molar-refractivity contribution in [1.82, 2.24) is 9.97 Å². The quantitative estimate of drug-likeness (QED) is 0.758. The van der Waals surface area contributed by atoms with E-state index in [2.05, 4.69) is 26.3 Å². The standard InChI is InChI=1S/C21H18FN5O/c22-16-1-2-19-18(11-16)20(15(12-23)13-25-19)27-9-5-14(6-10-27)21(28)26-17-3-7-24-8-4-17/h1-4,7-8,11,13-14H,5-6,9-10H2,(H,24,26,28). The van der Waals surface area contributed by atoms with Crippen molar-refractivity contribution in [3.05, 3.63) is 60.3 Å². The largest absolute Gasteiger partial charge is 0.370 e. The van der Waals surface area contributed by atoms with Crippen LogP contribution >= 0.6 is 0 Å². The Morgan fingerprint density at radius 2 is 1.96 bits per heavy atom. The minimum Gasteiger partial charge on any atom is -0.370 e. The number of rotatable bonds is 3. The summed E-state index contributed by atoms with van der Waals surface area (Å²) in [6.07, 6.45) is 6.10. The third kappa shape index (κ3) is 3.49. The molecule has 6 nitrogen and oxygen atoms in total. The SMILES string of the molecule is N#Cc1cnc2ccc(F)cc2c1N1CCC(C(=O)Nc2ccncc2)CC1. The molecule has 1 aliphatic rings. The van der Waals surface area contributed by atoms with E-state index in [4.69, 9.17) is 0 Å². The number of carbonyl (C=O) groups excluding carboxylic acids is 1. The zero-order valence-electron chi connectivity index (χ0n) is 15.1. The average molecular weight is 375 g/mol. The van der Waals surface area contributed by atoms with Gasteiger partial charge in [0.2, 0.25) is 5.91 Å². The maximum Gasteiger partial charge on any atom is 0.227 e. The summed E-state index contributed by atoms with van der Waals surface area (Å²) < 4.78 is 13.8. The lowest BCUT2D eigenvalue weighted by Gasteiger charge is -2.34. The van der Waals surface area contributed by atoms with Crippen LogP contribution in [-0.4, -0.2) is 29.0 Å². The van der Waals surface area contributed by atoms with Crippen molar-refractivity contribution in [3.63, 3.8) is 0 Å². The van der Waals surface area contributed by atoms with Gasteiger partial charge in [0.15, 0.2) is 0 Å². The van der Waals surface area contributed by atoms with E-state index in [-0.39, 0.29) is 17.6 Å². The van der Waals surface area contributed by atoms with Crippen LogP contribution in [0.5, 0.6) is 0 Å². The van der Waals surface area contributed by atoms with E-state index >= 15 is 0 Å². The fourth-order valence-electron chi connectivity index (χ4n) is 3.62. The lowest BCUT2D eigenvalue weighted by molar-refractivity contribution is -0.120. The van der Waals surface area contributed by atoms with Gasteiger partial charge in [-0.3, -0.25) is 14.8 Å². The predicted octanol–water partition coefficient (Wildman–Crippen LogP) is 3.50. The number of amides is 1. The van der Waals surface area contributed by atoms with Gasteiger partial charge in [-0.1, -0.05) is 0 Å². The lowest BCUT2D eigenvalue weighted by atomic mass is 9.94. The van der Waals surface area contributed by atoms with Crippen LogP contribution in [0.4, 0.5) is 15.8 Å². The number of nitrogens with one attached hydrogen (secondary N) is 1. The third-order valence-corrected chi connectivity index (χ3v) is 5.05. The van der Waals surface area contributed by atoms with Gasteiger partial charge in [-0.05, 0) is 43.2 Å². The zero-order chi connectivity index (χ0) is 19.5. The average Bonchev–Trinajstić information content (AvgIpc) is 2.73. The molecule has 0 saturated carbocycles. The summed E-state index contributed by atoms with van der Waals surface area (Å²) in [4.78, 5) is 22.8. The fourth-order valence-corrected chi connectivity index (χ4v) is 3.62. The Morgan fingerprint density at radius 3 is 2.68 bits per heavy atom. The molecule has 1 aliphatic heterocycles. The monoisotopic (exact) mass is 375 g/mol. The number of pyridine rings is 2. The number of benzene rings is 1. The van der Waals surface area contributed by atoms with Crippen LogP contribution in [0, 0.1) is 23.1 Å². The van der Waals surface area contributed by atoms with Gasteiger partial charge in [-0.2, -0.15) is 5.26 Å². The molecule has 1 aromatic carbocycles. The van der Waals surface area contributed by atoms with Crippen LogP contribution in [-0.2, 0) is 4.79 Å². The molecule has 1 N–H and O–H groups in total. The molecule has 0 radical (unpaired) electrons. The molecule has 1 fully saturated rings. The number of nitrogens with zero attached hydrogens (tertiary/aromatic N) is 4. The summed E-state index contributed by atoms with van der Waals surface area (Å²) in [6.45, 7) is 1.22. The summed E-state index contributed by atoms with van der Waals surface area (Å²) in [5, 5.41) is 13.0. The van der Waals surface area contributed by atoms with Crippen molar-refractivity contribution in [1.29, 1.82) is 5.26 Å². The molecule has 1 amide bonds. The number of anilines is 2. The zero-order valence-corrected chi connectivity index (χ0v) is 15.1. The van der Waals surface area contributed by atoms with Gasteiger partial charge in [0.1, 0.15) is 11.9 Å². The molecule has 28 heavy (non-hydrogen) atoms. The molecular formula is C21H18FN5O. The van der Waals surface area contributed by atoms with E-state index in [0.29, 0.717) is 48.1 Å². The summed E-state index contributed by atoms with van der Waals surface area (Å²) in [5.41, 5.74) is 2.48. The highest BCUT2D eigenvalue weighted by molar-refractivity contribution is 5.95. The van der Waals surface area contributed by atoms with Gasteiger partial charge < -0.3 is 10.2 Å². The molecular weight excluding hydrogens is 357 g/mol. The number of halogens is 1.